The predicted molar refractivity (Wildman–Crippen MR) is 75.6 cm³/mol. The summed E-state index contributed by atoms with van der Waals surface area (Å²) < 4.78 is 63.7. The molecule has 0 fully saturated rings. The van der Waals surface area contributed by atoms with Gasteiger partial charge in [-0.25, -0.2) is 15.0 Å². The molecule has 1 aromatic heterocycles. The Balaban J connectivity index is 3.54. The molecule has 0 atom stereocenters. The van der Waals surface area contributed by atoms with Gasteiger partial charge in [0.1, 0.15) is 0 Å². The van der Waals surface area contributed by atoms with Crippen LogP contribution in [0.25, 0.3) is 0 Å². The molecule has 0 aromatic carbocycles. The Morgan fingerprint density at radius 1 is 1.41 bits per heavy atom. The maximum Gasteiger partial charge on any atom is 0.534 e. The lowest BCUT2D eigenvalue weighted by molar-refractivity contribution is -0.0501. The van der Waals surface area contributed by atoms with Crippen molar-refractivity contribution in [1.29, 1.82) is 0 Å². The average molecular weight is 335 g/mol. The maximum atomic E-state index is 12.4. The van der Waals surface area contributed by atoms with E-state index >= 15 is 0 Å². The Morgan fingerprint density at radius 2 is 2.00 bits per heavy atom. The molecular weight excluding hydrogens is 323 g/mol. The summed E-state index contributed by atoms with van der Waals surface area (Å²) in [5.41, 5.74) is -4.86. The number of nitrogens with zero attached hydrogens (tertiary/aromatic N) is 3. The Bertz CT molecular complexity index is 740. The van der Waals surface area contributed by atoms with Crippen LogP contribution in [0.4, 0.5) is 13.2 Å². The first-order valence-electron chi connectivity index (χ1n) is 5.68. The summed E-state index contributed by atoms with van der Waals surface area (Å²) in [6.45, 7) is 9.65. The molecule has 6 nitrogen and oxygen atoms in total. The quantitative estimate of drug-likeness (QED) is 0.366. The van der Waals surface area contributed by atoms with Gasteiger partial charge in [-0.2, -0.15) is 21.6 Å². The molecule has 0 unspecified atom stereocenters. The zero-order chi connectivity index (χ0) is 17.1. The molecule has 0 aliphatic heterocycles. The van der Waals surface area contributed by atoms with Gasteiger partial charge >= 0.3 is 15.6 Å². The Morgan fingerprint density at radius 3 is 2.45 bits per heavy atom. The van der Waals surface area contributed by atoms with Gasteiger partial charge in [0.15, 0.2) is 5.84 Å². The van der Waals surface area contributed by atoms with Gasteiger partial charge < -0.3 is 4.18 Å². The van der Waals surface area contributed by atoms with E-state index in [-0.39, 0.29) is 17.1 Å². The number of aryl methyl sites for hydroxylation is 2. The van der Waals surface area contributed by atoms with E-state index < -0.39 is 21.5 Å². The van der Waals surface area contributed by atoms with Gasteiger partial charge in [0, 0.05) is 11.9 Å². The third kappa shape index (κ3) is 3.70. The summed E-state index contributed by atoms with van der Waals surface area (Å²) in [5, 5.41) is 0. The van der Waals surface area contributed by atoms with Gasteiger partial charge in [-0.15, -0.1) is 0 Å². The second-order valence-electron chi connectivity index (χ2n) is 4.02. The molecule has 1 heterocycles. The number of hydrogen-bond acceptors (Lipinski definition) is 5. The molecule has 0 saturated carbocycles. The maximum absolute atomic E-state index is 12.4. The van der Waals surface area contributed by atoms with Crippen molar-refractivity contribution < 1.29 is 25.8 Å². The minimum Gasteiger partial charge on any atom is -0.354 e. The molecule has 10 heteroatoms. The monoisotopic (exact) mass is 335 g/mol. The number of hydrogen-bond donors (Lipinski definition) is 0. The van der Waals surface area contributed by atoms with Crippen molar-refractivity contribution in [3.05, 3.63) is 35.7 Å². The molecule has 0 spiro atoms. The fourth-order valence-corrected chi connectivity index (χ4v) is 1.77. The minimum atomic E-state index is -5.86. The van der Waals surface area contributed by atoms with Crippen molar-refractivity contribution >= 4 is 22.7 Å². The SMILES string of the molecule is C=CN=C(N=C)c1cc(C)c(C)nc1OS(=O)(=O)C(F)(F)F. The highest BCUT2D eigenvalue weighted by molar-refractivity contribution is 7.87. The van der Waals surface area contributed by atoms with Gasteiger partial charge in [-0.3, -0.25) is 0 Å². The van der Waals surface area contributed by atoms with Crippen molar-refractivity contribution in [3.8, 4) is 5.88 Å². The van der Waals surface area contributed by atoms with Gasteiger partial charge in [0.05, 0.1) is 5.56 Å². The standard InChI is InChI=1S/C12H12F3N3O3S/c1-5-17-10(16-4)9-6-7(2)8(3)18-11(9)21-22(19,20)12(13,14)15/h5-6H,1,4H2,2-3H3. The molecule has 0 radical (unpaired) electrons. The lowest BCUT2D eigenvalue weighted by Crippen LogP contribution is -2.29. The Hall–Kier alpha value is -2.23. The number of aromatic nitrogens is 1. The van der Waals surface area contributed by atoms with Crippen LogP contribution in [-0.2, 0) is 10.1 Å². The van der Waals surface area contributed by atoms with Gasteiger partial charge in [-0.05, 0) is 32.2 Å². The normalized spacial score (nSPS) is 12.9. The van der Waals surface area contributed by atoms with Crippen LogP contribution >= 0.6 is 0 Å². The molecule has 1 aromatic rings. The molecule has 0 amide bonds. The highest BCUT2D eigenvalue weighted by Crippen LogP contribution is 2.29. The second-order valence-corrected chi connectivity index (χ2v) is 5.56. The molecule has 22 heavy (non-hydrogen) atoms. The van der Waals surface area contributed by atoms with Gasteiger partial charge in [0.2, 0.25) is 5.88 Å². The minimum absolute atomic E-state index is 0.147. The number of halogens is 3. The second kappa shape index (κ2) is 6.26. The van der Waals surface area contributed by atoms with E-state index in [2.05, 4.69) is 32.4 Å². The fraction of sp³-hybridized carbons (Fsp3) is 0.250. The lowest BCUT2D eigenvalue weighted by Gasteiger charge is -2.13. The summed E-state index contributed by atoms with van der Waals surface area (Å²) in [6.07, 6.45) is 1.07. The van der Waals surface area contributed by atoms with E-state index in [1.54, 1.807) is 6.92 Å². The first-order valence-corrected chi connectivity index (χ1v) is 7.09. The van der Waals surface area contributed by atoms with Gasteiger partial charge in [-0.1, -0.05) is 6.58 Å². The Kier molecular flexibility index (Phi) is 5.07. The van der Waals surface area contributed by atoms with E-state index in [9.17, 15) is 21.6 Å². The third-order valence-corrected chi connectivity index (χ3v) is 3.45. The number of alkyl halides is 3. The van der Waals surface area contributed by atoms with Crippen molar-refractivity contribution in [2.45, 2.75) is 19.4 Å². The molecule has 1 rings (SSSR count). The fourth-order valence-electron chi connectivity index (χ4n) is 1.34. The molecule has 120 valence electrons. The van der Waals surface area contributed by atoms with Crippen molar-refractivity contribution in [3.63, 3.8) is 0 Å². The van der Waals surface area contributed by atoms with Crippen LogP contribution in [0.5, 0.6) is 5.88 Å². The van der Waals surface area contributed by atoms with Crippen LogP contribution in [0.2, 0.25) is 0 Å². The summed E-state index contributed by atoms with van der Waals surface area (Å²) in [5.74, 6) is -0.952. The summed E-state index contributed by atoms with van der Waals surface area (Å²) in [4.78, 5) is 10.9. The van der Waals surface area contributed by atoms with Gasteiger partial charge in [0.25, 0.3) is 0 Å². The highest BCUT2D eigenvalue weighted by atomic mass is 32.2. The molecule has 0 aliphatic carbocycles. The molecule has 0 N–H and O–H groups in total. The molecule has 0 bridgehead atoms. The molecular formula is C12H12F3N3O3S. The topological polar surface area (TPSA) is 81.0 Å². The largest absolute Gasteiger partial charge is 0.534 e. The number of pyridine rings is 1. The average Bonchev–Trinajstić information content (AvgIpc) is 2.38. The summed E-state index contributed by atoms with van der Waals surface area (Å²) in [7, 11) is -5.86. The van der Waals surface area contributed by atoms with Crippen LogP contribution in [0.1, 0.15) is 16.8 Å². The number of amidine groups is 1. The lowest BCUT2D eigenvalue weighted by atomic mass is 10.1. The highest BCUT2D eigenvalue weighted by Gasteiger charge is 2.49. The zero-order valence-corrected chi connectivity index (χ0v) is 12.5. The number of aliphatic imine (C=N–C) groups is 2. The predicted octanol–water partition coefficient (Wildman–Crippen LogP) is 2.52. The van der Waals surface area contributed by atoms with E-state index in [1.807, 2.05) is 0 Å². The molecule has 0 saturated heterocycles. The Labute approximate surface area is 125 Å². The third-order valence-electron chi connectivity index (χ3n) is 2.51. The smallest absolute Gasteiger partial charge is 0.354 e. The van der Waals surface area contributed by atoms with Crippen molar-refractivity contribution in [1.82, 2.24) is 4.98 Å². The van der Waals surface area contributed by atoms with E-state index in [1.165, 1.54) is 13.0 Å². The van der Waals surface area contributed by atoms with Crippen LogP contribution in [0, 0.1) is 13.8 Å². The molecule has 0 aliphatic rings. The van der Waals surface area contributed by atoms with E-state index in [0.29, 0.717) is 5.56 Å². The van der Waals surface area contributed by atoms with Crippen LogP contribution < -0.4 is 4.18 Å². The van der Waals surface area contributed by atoms with Crippen LogP contribution in [0.15, 0.2) is 28.8 Å². The first kappa shape index (κ1) is 17.8. The first-order chi connectivity index (χ1) is 10.0. The number of rotatable bonds is 4. The van der Waals surface area contributed by atoms with Crippen LogP contribution in [0.3, 0.4) is 0 Å². The summed E-state index contributed by atoms with van der Waals surface area (Å²) >= 11 is 0. The van der Waals surface area contributed by atoms with E-state index in [4.69, 9.17) is 0 Å². The van der Waals surface area contributed by atoms with Crippen LogP contribution in [-0.4, -0.2) is 31.5 Å². The zero-order valence-electron chi connectivity index (χ0n) is 11.7. The van der Waals surface area contributed by atoms with E-state index in [0.717, 1.165) is 6.20 Å². The van der Waals surface area contributed by atoms with Crippen molar-refractivity contribution in [2.24, 2.45) is 9.98 Å². The van der Waals surface area contributed by atoms with Crippen molar-refractivity contribution in [2.75, 3.05) is 0 Å². The summed E-state index contributed by atoms with van der Waals surface area (Å²) in [6, 6.07) is 1.35.